The zero-order valence-corrected chi connectivity index (χ0v) is 24.6. The monoisotopic (exact) mass is 579 g/mol. The van der Waals surface area contributed by atoms with Crippen LogP contribution in [-0.4, -0.2) is 88.1 Å². The number of carbonyl (C=O) groups is 4. The first-order valence-electron chi connectivity index (χ1n) is 14.9. The van der Waals surface area contributed by atoms with E-state index in [1.54, 1.807) is 23.1 Å². The number of nitrogens with one attached hydrogen (secondary N) is 1. The average molecular weight is 580 g/mol. The molecule has 1 spiro atoms. The van der Waals surface area contributed by atoms with Crippen LogP contribution in [0.3, 0.4) is 0 Å². The quantitative estimate of drug-likeness (QED) is 0.405. The highest BCUT2D eigenvalue weighted by molar-refractivity contribution is 5.99. The van der Waals surface area contributed by atoms with Gasteiger partial charge in [0, 0.05) is 19.0 Å². The van der Waals surface area contributed by atoms with Crippen LogP contribution >= 0.6 is 0 Å². The standard InChI is InChI=1S/C32H41N3O7/c1-19(2)22(18-36)35-28-30(39)34(20(3)4)16-10-15-32(28)27(29(35)38)26-23(42-32)13-8-9-14-25(37)33-17-24(41-31(26)40)21-11-6-5-7-12-21/h5-8,10-13,15,19-20,22-24,26-28,36H,9,14,16-18H2,1-4H3,(H,33,37)/b13-8-/t22-,23-,24+,26+,27+,28-,32+/m0/s1. The van der Waals surface area contributed by atoms with Crippen molar-refractivity contribution >= 4 is 23.7 Å². The van der Waals surface area contributed by atoms with Crippen LogP contribution in [0.1, 0.15) is 52.2 Å². The van der Waals surface area contributed by atoms with Gasteiger partial charge in [-0.25, -0.2) is 0 Å². The lowest BCUT2D eigenvalue weighted by Gasteiger charge is -2.40. The lowest BCUT2D eigenvalue weighted by atomic mass is 9.77. The molecule has 42 heavy (non-hydrogen) atoms. The third-order valence-electron chi connectivity index (χ3n) is 8.95. The number of ether oxygens (including phenoxy) is 2. The molecule has 5 rings (SSSR count). The fraction of sp³-hybridized carbons (Fsp3) is 0.562. The SMILES string of the molecule is CC(C)[C@H](CO)N1C(=O)[C@H]2[C@@H]3C(=O)O[C@@H](c4ccccc4)CNC(=O)CC/C=C\[C@@H]3O[C@]23C=CCN(C(C)C)C(=O)[C@H]13. The molecular weight excluding hydrogens is 538 g/mol. The minimum absolute atomic E-state index is 0.0801. The second-order valence-electron chi connectivity index (χ2n) is 12.2. The molecule has 1 aromatic carbocycles. The Kier molecular flexibility index (Phi) is 8.57. The van der Waals surface area contributed by atoms with Gasteiger partial charge in [0.1, 0.15) is 23.7 Å². The molecule has 3 amide bonds. The second kappa shape index (κ2) is 12.0. The van der Waals surface area contributed by atoms with Crippen LogP contribution in [-0.2, 0) is 28.7 Å². The number of aliphatic hydroxyl groups excluding tert-OH is 1. The van der Waals surface area contributed by atoms with Crippen molar-refractivity contribution in [2.45, 2.75) is 76.5 Å². The Hall–Kier alpha value is -3.50. The summed E-state index contributed by atoms with van der Waals surface area (Å²) in [5, 5.41) is 13.3. The number of hydrogen-bond donors (Lipinski definition) is 2. The Morgan fingerprint density at radius 2 is 1.79 bits per heavy atom. The van der Waals surface area contributed by atoms with E-state index >= 15 is 0 Å². The van der Waals surface area contributed by atoms with Crippen molar-refractivity contribution in [3.63, 3.8) is 0 Å². The number of amides is 3. The Bertz CT molecular complexity index is 1260. The van der Waals surface area contributed by atoms with E-state index in [0.29, 0.717) is 18.5 Å². The molecule has 226 valence electrons. The summed E-state index contributed by atoms with van der Waals surface area (Å²) in [7, 11) is 0. The summed E-state index contributed by atoms with van der Waals surface area (Å²) in [5.41, 5.74) is -0.728. The Balaban J connectivity index is 1.62. The van der Waals surface area contributed by atoms with Crippen molar-refractivity contribution in [1.29, 1.82) is 0 Å². The normalized spacial score (nSPS) is 33.3. The van der Waals surface area contributed by atoms with E-state index in [0.717, 1.165) is 0 Å². The van der Waals surface area contributed by atoms with Crippen molar-refractivity contribution in [2.75, 3.05) is 19.7 Å². The Morgan fingerprint density at radius 1 is 1.05 bits per heavy atom. The van der Waals surface area contributed by atoms with Crippen LogP contribution in [0.4, 0.5) is 0 Å². The molecule has 0 radical (unpaired) electrons. The molecule has 0 unspecified atom stereocenters. The molecule has 0 bridgehead atoms. The molecule has 0 saturated carbocycles. The first kappa shape index (κ1) is 30.0. The third kappa shape index (κ3) is 5.15. The molecule has 10 heteroatoms. The fourth-order valence-electron chi connectivity index (χ4n) is 6.81. The number of hydrogen-bond acceptors (Lipinski definition) is 7. The Labute approximate surface area is 246 Å². The molecule has 0 aromatic heterocycles. The van der Waals surface area contributed by atoms with Gasteiger partial charge in [0.15, 0.2) is 0 Å². The van der Waals surface area contributed by atoms with Crippen LogP contribution in [0, 0.1) is 17.8 Å². The predicted octanol–water partition coefficient (Wildman–Crippen LogP) is 2.14. The van der Waals surface area contributed by atoms with E-state index in [1.807, 2.05) is 64.1 Å². The molecule has 2 fully saturated rings. The highest BCUT2D eigenvalue weighted by Crippen LogP contribution is 2.54. The highest BCUT2D eigenvalue weighted by Gasteiger charge is 2.72. The van der Waals surface area contributed by atoms with Gasteiger partial charge in [0.05, 0.1) is 31.2 Å². The maximum atomic E-state index is 14.5. The summed E-state index contributed by atoms with van der Waals surface area (Å²) in [6, 6.07) is 7.29. The van der Waals surface area contributed by atoms with Crippen LogP contribution in [0.5, 0.6) is 0 Å². The summed E-state index contributed by atoms with van der Waals surface area (Å²) in [6.45, 7) is 7.68. The van der Waals surface area contributed by atoms with E-state index in [4.69, 9.17) is 9.47 Å². The van der Waals surface area contributed by atoms with Gasteiger partial charge in [-0.3, -0.25) is 19.2 Å². The van der Waals surface area contributed by atoms with Crippen molar-refractivity contribution < 1.29 is 33.8 Å². The summed E-state index contributed by atoms with van der Waals surface area (Å²) in [5.74, 6) is -3.75. The van der Waals surface area contributed by atoms with Gasteiger partial charge in [0.25, 0.3) is 0 Å². The summed E-state index contributed by atoms with van der Waals surface area (Å²) in [6.07, 6.45) is 6.13. The number of esters is 1. The lowest BCUT2D eigenvalue weighted by Crippen LogP contribution is -2.59. The number of aliphatic hydroxyl groups is 1. The van der Waals surface area contributed by atoms with Crippen LogP contribution in [0.25, 0.3) is 0 Å². The molecule has 0 aliphatic carbocycles. The number of rotatable bonds is 5. The van der Waals surface area contributed by atoms with Crippen LogP contribution in [0.2, 0.25) is 0 Å². The van der Waals surface area contributed by atoms with Crippen molar-refractivity contribution in [3.8, 4) is 0 Å². The molecule has 2 saturated heterocycles. The Morgan fingerprint density at radius 3 is 2.45 bits per heavy atom. The van der Waals surface area contributed by atoms with Crippen LogP contribution < -0.4 is 5.32 Å². The minimum Gasteiger partial charge on any atom is -0.455 e. The van der Waals surface area contributed by atoms with E-state index in [-0.39, 0.29) is 43.3 Å². The summed E-state index contributed by atoms with van der Waals surface area (Å²) < 4.78 is 12.8. The number of cyclic esters (lactones) is 1. The van der Waals surface area contributed by atoms with E-state index < -0.39 is 53.6 Å². The van der Waals surface area contributed by atoms with Crippen LogP contribution in [0.15, 0.2) is 54.6 Å². The zero-order chi connectivity index (χ0) is 30.2. The van der Waals surface area contributed by atoms with Gasteiger partial charge in [-0.2, -0.15) is 0 Å². The fourth-order valence-corrected chi connectivity index (χ4v) is 6.81. The first-order valence-corrected chi connectivity index (χ1v) is 14.9. The van der Waals surface area contributed by atoms with Crippen molar-refractivity contribution in [3.05, 3.63) is 60.2 Å². The smallest absolute Gasteiger partial charge is 0.313 e. The molecule has 7 atom stereocenters. The van der Waals surface area contributed by atoms with Crippen molar-refractivity contribution in [2.24, 2.45) is 17.8 Å². The lowest BCUT2D eigenvalue weighted by molar-refractivity contribution is -0.161. The van der Waals surface area contributed by atoms with Gasteiger partial charge in [-0.05, 0) is 31.7 Å². The number of allylic oxidation sites excluding steroid dienone is 1. The highest BCUT2D eigenvalue weighted by atomic mass is 16.6. The topological polar surface area (TPSA) is 125 Å². The first-order chi connectivity index (χ1) is 20.1. The maximum Gasteiger partial charge on any atom is 0.313 e. The number of carbonyl (C=O) groups excluding carboxylic acids is 4. The molecule has 2 N–H and O–H groups in total. The van der Waals surface area contributed by atoms with Gasteiger partial charge >= 0.3 is 5.97 Å². The summed E-state index contributed by atoms with van der Waals surface area (Å²) >= 11 is 0. The molecular formula is C32H41N3O7. The molecule has 1 aromatic rings. The molecule has 4 heterocycles. The number of nitrogens with zero attached hydrogens (tertiary/aromatic N) is 2. The number of benzene rings is 1. The number of likely N-dealkylation sites (tertiary alicyclic amines) is 1. The van der Waals surface area contributed by atoms with E-state index in [2.05, 4.69) is 5.32 Å². The van der Waals surface area contributed by atoms with Gasteiger partial charge in [-0.1, -0.05) is 68.5 Å². The van der Waals surface area contributed by atoms with Gasteiger partial charge in [0.2, 0.25) is 17.7 Å². The van der Waals surface area contributed by atoms with E-state index in [1.165, 1.54) is 4.90 Å². The largest absolute Gasteiger partial charge is 0.455 e. The second-order valence-corrected chi connectivity index (χ2v) is 12.2. The van der Waals surface area contributed by atoms with Gasteiger partial charge in [-0.15, -0.1) is 0 Å². The minimum atomic E-state index is -1.44. The summed E-state index contributed by atoms with van der Waals surface area (Å²) in [4.78, 5) is 58.6. The van der Waals surface area contributed by atoms with Crippen molar-refractivity contribution in [1.82, 2.24) is 15.1 Å². The zero-order valence-electron chi connectivity index (χ0n) is 24.6. The molecule has 4 aliphatic rings. The molecule has 4 aliphatic heterocycles. The number of fused-ring (bicyclic) bond motifs is 2. The predicted molar refractivity (Wildman–Crippen MR) is 154 cm³/mol. The molecule has 10 nitrogen and oxygen atoms in total. The maximum absolute atomic E-state index is 14.5. The average Bonchev–Trinajstić information content (AvgIpc) is 3.34. The third-order valence-corrected chi connectivity index (χ3v) is 8.95. The van der Waals surface area contributed by atoms with E-state index in [9.17, 15) is 24.3 Å². The van der Waals surface area contributed by atoms with Gasteiger partial charge < -0.3 is 29.7 Å².